The van der Waals surface area contributed by atoms with Crippen LogP contribution in [-0.2, 0) is 13.0 Å². The van der Waals surface area contributed by atoms with Crippen LogP contribution in [0.3, 0.4) is 0 Å². The predicted molar refractivity (Wildman–Crippen MR) is 123 cm³/mol. The number of carbonyl (C=O) groups excluding carboxylic acids is 1. The van der Waals surface area contributed by atoms with Gasteiger partial charge < -0.3 is 14.8 Å². The minimum absolute atomic E-state index is 0.132. The summed E-state index contributed by atoms with van der Waals surface area (Å²) in [5.41, 5.74) is 2.82. The molecule has 5 rings (SSSR count). The third-order valence-electron chi connectivity index (χ3n) is 6.51. The fourth-order valence-electron chi connectivity index (χ4n) is 5.08. The number of benzene rings is 1. The lowest BCUT2D eigenvalue weighted by atomic mass is 9.83. The number of aryl methyl sites for hydroxylation is 1. The van der Waals surface area contributed by atoms with Crippen LogP contribution in [0.2, 0.25) is 0 Å². The van der Waals surface area contributed by atoms with Crippen LogP contribution in [0, 0.1) is 5.92 Å². The van der Waals surface area contributed by atoms with Crippen molar-refractivity contribution in [2.24, 2.45) is 5.92 Å². The number of amides is 1. The average Bonchev–Trinajstić information content (AvgIpc) is 2.82. The van der Waals surface area contributed by atoms with Crippen LogP contribution in [-0.4, -0.2) is 45.0 Å². The topological polar surface area (TPSA) is 80.1 Å². The van der Waals surface area contributed by atoms with E-state index in [4.69, 9.17) is 0 Å². The van der Waals surface area contributed by atoms with Crippen molar-refractivity contribution in [1.82, 2.24) is 19.4 Å². The SMILES string of the molecule is O=C(Nc1ccc2n(c1=O)C[C@@H]1C[C@@H]2CN(CCCc2ccccc2)C1)c1cnccn1. The van der Waals surface area contributed by atoms with Gasteiger partial charge in [-0.2, -0.15) is 0 Å². The lowest BCUT2D eigenvalue weighted by molar-refractivity contribution is 0.102. The number of carbonyl (C=O) groups is 1. The number of piperidine rings is 1. The molecular weight excluding hydrogens is 402 g/mol. The maximum atomic E-state index is 13.1. The van der Waals surface area contributed by atoms with Gasteiger partial charge in [0.25, 0.3) is 11.5 Å². The number of hydrogen-bond donors (Lipinski definition) is 1. The van der Waals surface area contributed by atoms with Crippen LogP contribution in [0.5, 0.6) is 0 Å². The second-order valence-corrected chi connectivity index (χ2v) is 8.78. The average molecular weight is 430 g/mol. The maximum absolute atomic E-state index is 13.1. The summed E-state index contributed by atoms with van der Waals surface area (Å²) in [5.74, 6) is 0.398. The van der Waals surface area contributed by atoms with Crippen molar-refractivity contribution in [2.45, 2.75) is 31.7 Å². The second kappa shape index (κ2) is 9.04. The number of nitrogens with one attached hydrogen (secondary N) is 1. The molecule has 2 bridgehead atoms. The molecule has 1 amide bonds. The Morgan fingerprint density at radius 3 is 2.75 bits per heavy atom. The molecule has 0 aliphatic carbocycles. The molecule has 0 spiro atoms. The summed E-state index contributed by atoms with van der Waals surface area (Å²) in [5, 5.41) is 2.71. The molecule has 164 valence electrons. The van der Waals surface area contributed by atoms with Gasteiger partial charge in [-0.3, -0.25) is 14.6 Å². The standard InChI is InChI=1S/C25H27N5O2/c31-24(22-14-26-10-11-27-22)28-21-8-9-23-20-13-19(16-30(23)25(21)32)15-29(17-20)12-4-7-18-5-2-1-3-6-18/h1-3,5-6,8-11,14,19-20H,4,7,12-13,15-17H2,(H,28,31)/t19-,20-/m1/s1. The highest BCUT2D eigenvalue weighted by atomic mass is 16.2. The highest BCUT2D eigenvalue weighted by Gasteiger charge is 2.34. The molecule has 0 radical (unpaired) electrons. The minimum Gasteiger partial charge on any atom is -0.316 e. The van der Waals surface area contributed by atoms with Crippen LogP contribution < -0.4 is 10.9 Å². The normalized spacial score (nSPS) is 19.9. The largest absolute Gasteiger partial charge is 0.316 e. The van der Waals surface area contributed by atoms with Gasteiger partial charge in [-0.25, -0.2) is 4.98 Å². The Hall–Kier alpha value is -3.32. The molecule has 2 atom stereocenters. The van der Waals surface area contributed by atoms with Crippen molar-refractivity contribution in [3.8, 4) is 0 Å². The summed E-state index contributed by atoms with van der Waals surface area (Å²) in [7, 11) is 0. The third-order valence-corrected chi connectivity index (χ3v) is 6.51. The molecule has 0 unspecified atom stereocenters. The molecule has 2 aliphatic rings. The van der Waals surface area contributed by atoms with Gasteiger partial charge in [-0.1, -0.05) is 30.3 Å². The molecule has 1 aromatic carbocycles. The van der Waals surface area contributed by atoms with E-state index in [2.05, 4.69) is 50.5 Å². The van der Waals surface area contributed by atoms with Crippen LogP contribution in [0.25, 0.3) is 0 Å². The Labute approximate surface area is 187 Å². The highest BCUT2D eigenvalue weighted by molar-refractivity contribution is 6.02. The first kappa shape index (κ1) is 20.6. The fraction of sp³-hybridized carbons (Fsp3) is 0.360. The Bertz CT molecular complexity index is 1150. The van der Waals surface area contributed by atoms with Crippen molar-refractivity contribution in [1.29, 1.82) is 0 Å². The number of nitrogens with zero attached hydrogens (tertiary/aromatic N) is 4. The van der Waals surface area contributed by atoms with Crippen molar-refractivity contribution < 1.29 is 4.79 Å². The van der Waals surface area contributed by atoms with Gasteiger partial charge in [0.2, 0.25) is 0 Å². The van der Waals surface area contributed by atoms with Crippen LogP contribution in [0.1, 0.15) is 40.5 Å². The van der Waals surface area contributed by atoms with E-state index in [0.29, 0.717) is 24.1 Å². The third kappa shape index (κ3) is 4.34. The van der Waals surface area contributed by atoms with Gasteiger partial charge in [0.15, 0.2) is 0 Å². The number of likely N-dealkylation sites (tertiary alicyclic amines) is 1. The first-order chi connectivity index (χ1) is 15.7. The molecular formula is C25H27N5O2. The lowest BCUT2D eigenvalue weighted by Gasteiger charge is -2.43. The zero-order valence-corrected chi connectivity index (χ0v) is 18.0. The van der Waals surface area contributed by atoms with E-state index in [1.165, 1.54) is 24.2 Å². The zero-order valence-electron chi connectivity index (χ0n) is 18.0. The summed E-state index contributed by atoms with van der Waals surface area (Å²) in [6.45, 7) is 3.79. The number of hydrogen-bond acceptors (Lipinski definition) is 5. The van der Waals surface area contributed by atoms with Gasteiger partial charge in [0, 0.05) is 43.6 Å². The molecule has 3 aromatic rings. The molecule has 32 heavy (non-hydrogen) atoms. The van der Waals surface area contributed by atoms with Gasteiger partial charge in [0.1, 0.15) is 11.4 Å². The van der Waals surface area contributed by atoms with Gasteiger partial charge in [-0.05, 0) is 49.4 Å². The smallest absolute Gasteiger partial charge is 0.276 e. The number of aromatic nitrogens is 3. The van der Waals surface area contributed by atoms with E-state index in [1.807, 2.05) is 10.6 Å². The minimum atomic E-state index is -0.420. The zero-order chi connectivity index (χ0) is 21.9. The van der Waals surface area contributed by atoms with E-state index < -0.39 is 5.91 Å². The summed E-state index contributed by atoms with van der Waals surface area (Å²) >= 11 is 0. The monoisotopic (exact) mass is 429 g/mol. The number of rotatable bonds is 6. The van der Waals surface area contributed by atoms with Gasteiger partial charge in [-0.15, -0.1) is 0 Å². The number of fused-ring (bicyclic) bond motifs is 4. The van der Waals surface area contributed by atoms with Crippen molar-refractivity contribution >= 4 is 11.6 Å². The summed E-state index contributed by atoms with van der Waals surface area (Å²) in [6.07, 6.45) is 7.72. The molecule has 4 heterocycles. The predicted octanol–water partition coefficient (Wildman–Crippen LogP) is 2.94. The van der Waals surface area contributed by atoms with E-state index in [1.54, 1.807) is 6.07 Å². The van der Waals surface area contributed by atoms with Crippen molar-refractivity contribution in [3.63, 3.8) is 0 Å². The summed E-state index contributed by atoms with van der Waals surface area (Å²) in [6, 6.07) is 14.4. The molecule has 1 fully saturated rings. The van der Waals surface area contributed by atoms with E-state index in [-0.39, 0.29) is 11.3 Å². The van der Waals surface area contributed by atoms with Gasteiger partial charge >= 0.3 is 0 Å². The van der Waals surface area contributed by atoms with Crippen LogP contribution in [0.4, 0.5) is 5.69 Å². The quantitative estimate of drug-likeness (QED) is 0.652. The molecule has 0 saturated carbocycles. The van der Waals surface area contributed by atoms with Gasteiger partial charge in [0.05, 0.1) is 6.20 Å². The molecule has 7 heteroatoms. The first-order valence-electron chi connectivity index (χ1n) is 11.2. The number of anilines is 1. The Morgan fingerprint density at radius 1 is 1.06 bits per heavy atom. The summed E-state index contributed by atoms with van der Waals surface area (Å²) in [4.78, 5) is 36.0. The van der Waals surface area contributed by atoms with E-state index >= 15 is 0 Å². The van der Waals surface area contributed by atoms with E-state index in [0.717, 1.165) is 44.6 Å². The maximum Gasteiger partial charge on any atom is 0.276 e. The molecule has 2 aromatic heterocycles. The Balaban J connectivity index is 1.26. The van der Waals surface area contributed by atoms with Crippen LogP contribution >= 0.6 is 0 Å². The molecule has 1 N–H and O–H groups in total. The number of pyridine rings is 1. The Morgan fingerprint density at radius 2 is 1.94 bits per heavy atom. The van der Waals surface area contributed by atoms with Crippen molar-refractivity contribution in [3.05, 3.63) is 88.4 Å². The lowest BCUT2D eigenvalue weighted by Crippen LogP contribution is -2.47. The molecule has 7 nitrogen and oxygen atoms in total. The van der Waals surface area contributed by atoms with E-state index in [9.17, 15) is 9.59 Å². The molecule has 1 saturated heterocycles. The summed E-state index contributed by atoms with van der Waals surface area (Å²) < 4.78 is 1.87. The van der Waals surface area contributed by atoms with Crippen molar-refractivity contribution in [2.75, 3.05) is 25.0 Å². The Kier molecular flexibility index (Phi) is 5.81. The molecule has 2 aliphatic heterocycles. The highest BCUT2D eigenvalue weighted by Crippen LogP contribution is 2.35. The fourth-order valence-corrected chi connectivity index (χ4v) is 5.08. The first-order valence-corrected chi connectivity index (χ1v) is 11.2. The second-order valence-electron chi connectivity index (χ2n) is 8.78. The van der Waals surface area contributed by atoms with Crippen LogP contribution in [0.15, 0.2) is 65.8 Å².